The Morgan fingerprint density at radius 2 is 0.693 bits per heavy atom. The highest BCUT2D eigenvalue weighted by Gasteiger charge is 2.60. The van der Waals surface area contributed by atoms with Crippen LogP contribution >= 0.6 is 0 Å². The molecule has 45 nitrogen and oxygen atoms in total. The maximum atomic E-state index is 12.9. The second-order valence-electron chi connectivity index (χ2n) is 25.1. The summed E-state index contributed by atoms with van der Waals surface area (Å²) in [6.07, 6.45) is -73.0. The van der Waals surface area contributed by atoms with Gasteiger partial charge in [0.05, 0.1) is 65.5 Å². The summed E-state index contributed by atoms with van der Waals surface area (Å²) >= 11 is 0. The van der Waals surface area contributed by atoms with Crippen LogP contribution in [0.2, 0.25) is 0 Å². The van der Waals surface area contributed by atoms with E-state index in [1.807, 2.05) is 0 Å². The molecule has 0 spiro atoms. The van der Waals surface area contributed by atoms with E-state index in [1.54, 1.807) is 0 Å². The van der Waals surface area contributed by atoms with Crippen molar-refractivity contribution in [1.29, 1.82) is 0 Å². The molecule has 0 aromatic heterocycles. The van der Waals surface area contributed by atoms with Crippen LogP contribution in [0.1, 0.15) is 27.7 Å². The molecule has 586 valence electrons. The molecule has 7 saturated heterocycles. The lowest BCUT2D eigenvalue weighted by Gasteiger charge is -2.51. The fraction of sp³-hybridized carbons (Fsp3) is 0.929. The van der Waals surface area contributed by atoms with Gasteiger partial charge in [0, 0.05) is 27.7 Å². The van der Waals surface area contributed by atoms with Crippen LogP contribution in [0.3, 0.4) is 0 Å². The van der Waals surface area contributed by atoms with E-state index in [1.165, 1.54) is 0 Å². The minimum absolute atomic E-state index is 0.796. The van der Waals surface area contributed by atoms with Crippen LogP contribution in [0.5, 0.6) is 0 Å². The van der Waals surface area contributed by atoms with Crippen molar-refractivity contribution in [3.05, 3.63) is 0 Å². The summed E-state index contributed by atoms with van der Waals surface area (Å²) in [5, 5.41) is 262. The van der Waals surface area contributed by atoms with Gasteiger partial charge >= 0.3 is 0 Å². The van der Waals surface area contributed by atoms with E-state index in [4.69, 9.17) is 66.3 Å². The summed E-state index contributed by atoms with van der Waals surface area (Å²) in [6, 6.07) is -7.21. The molecule has 0 radical (unpaired) electrons. The van der Waals surface area contributed by atoms with E-state index in [9.17, 15) is 137 Å². The first kappa shape index (κ1) is 84.7. The van der Waals surface area contributed by atoms with Crippen molar-refractivity contribution in [1.82, 2.24) is 21.3 Å². The number of carbonyl (C=O) groups is 4. The third-order valence-corrected chi connectivity index (χ3v) is 17.9. The minimum Gasteiger partial charge on any atom is -0.394 e. The first-order valence-electron chi connectivity index (χ1n) is 32.0. The van der Waals surface area contributed by atoms with Gasteiger partial charge in [-0.2, -0.15) is 0 Å². The first-order valence-corrected chi connectivity index (χ1v) is 32.0. The molecule has 27 N–H and O–H groups in total. The Labute approximate surface area is 572 Å². The predicted octanol–water partition coefficient (Wildman–Crippen LogP) is -18.2. The Balaban J connectivity index is 1.26. The number of carbonyl (C=O) groups excluding carboxylic acids is 4. The lowest BCUT2D eigenvalue weighted by atomic mass is 9.94. The number of amides is 4. The Bertz CT molecular complexity index is 2590. The van der Waals surface area contributed by atoms with Gasteiger partial charge in [0.1, 0.15) is 189 Å². The number of aliphatic hydroxyl groups excluding tert-OH is 23. The van der Waals surface area contributed by atoms with Gasteiger partial charge in [-0.05, 0) is 0 Å². The van der Waals surface area contributed by atoms with Crippen molar-refractivity contribution < 1.29 is 203 Å². The fourth-order valence-corrected chi connectivity index (χ4v) is 12.6. The number of aliphatic hydroxyl groups is 23. The number of hydrogen-bond donors (Lipinski definition) is 27. The van der Waals surface area contributed by atoms with Crippen molar-refractivity contribution in [2.45, 2.75) is 267 Å². The molecule has 45 heteroatoms. The van der Waals surface area contributed by atoms with Gasteiger partial charge in [0.2, 0.25) is 23.6 Å². The normalized spacial score (nSPS) is 45.0. The maximum absolute atomic E-state index is 12.9. The van der Waals surface area contributed by atoms with Crippen LogP contribution in [0.4, 0.5) is 0 Å². The van der Waals surface area contributed by atoms with E-state index in [-0.39, 0.29) is 0 Å². The van der Waals surface area contributed by atoms with Crippen LogP contribution in [-0.4, -0.2) is 440 Å². The van der Waals surface area contributed by atoms with Gasteiger partial charge < -0.3 is 205 Å². The highest BCUT2D eigenvalue weighted by Crippen LogP contribution is 2.39. The predicted molar refractivity (Wildman–Crippen MR) is 313 cm³/mol. The molecule has 7 aliphatic rings. The second-order valence-corrected chi connectivity index (χ2v) is 25.1. The molecular weight excluding hydrogens is 1380 g/mol. The van der Waals surface area contributed by atoms with Crippen molar-refractivity contribution in [3.8, 4) is 0 Å². The van der Waals surface area contributed by atoms with E-state index < -0.39 is 322 Å². The molecule has 0 saturated carbocycles. The Hall–Kier alpha value is -3.60. The zero-order chi connectivity index (χ0) is 74.9. The van der Waals surface area contributed by atoms with Crippen LogP contribution in [0.15, 0.2) is 0 Å². The van der Waals surface area contributed by atoms with Gasteiger partial charge in [-0.3, -0.25) is 19.2 Å². The highest BCUT2D eigenvalue weighted by molar-refractivity contribution is 5.74. The van der Waals surface area contributed by atoms with Crippen molar-refractivity contribution in [2.75, 3.05) is 59.5 Å². The molecule has 7 fully saturated rings. The van der Waals surface area contributed by atoms with Crippen LogP contribution < -0.4 is 21.3 Å². The molecule has 4 amide bonds. The van der Waals surface area contributed by atoms with Crippen LogP contribution in [0, 0.1) is 0 Å². The first-order chi connectivity index (χ1) is 47.7. The van der Waals surface area contributed by atoms with Gasteiger partial charge in [0.15, 0.2) is 44.0 Å². The number of ether oxygens (including phenoxy) is 14. The van der Waals surface area contributed by atoms with Gasteiger partial charge in [-0.15, -0.1) is 0 Å². The van der Waals surface area contributed by atoms with Crippen molar-refractivity contribution in [3.63, 3.8) is 0 Å². The molecule has 0 aromatic carbocycles. The highest BCUT2D eigenvalue weighted by atomic mass is 16.8. The van der Waals surface area contributed by atoms with E-state index in [2.05, 4.69) is 21.3 Å². The smallest absolute Gasteiger partial charge is 0.217 e. The Kier molecular flexibility index (Phi) is 31.7. The number of nitrogens with one attached hydrogen (secondary N) is 4. The number of rotatable bonds is 30. The summed E-state index contributed by atoms with van der Waals surface area (Å²) in [4.78, 5) is 50.1. The SMILES string of the molecule is CC(=O)N[C@@H](CO)[C@@H](O)[C@H](OC1O[C@H](CO)[C@@H](OC2O[C@H](COC3O[C@H](CO)[C@@H](O)[C@H](O)[C@@H]3OC3O[C@H](CO)[C@@H](O)[C@H](O)[C@H]3NC(C)=O)[C@@H](O)[C@H](OC3O[C@H](CO)[C@@H](O)[C@H](O)[C@@H]3OC3O[C@H](CO)[C@@H](OC4O[C@H](CO)[C@H](O)[C@H](O)[C@H]4O)[C@H](O)[C@H]3NC(C)=O)[C@@H]2O)[C@H](O)[C@H]1NC(C)=O)[C@H](O)CO. The number of hydrogen-bond acceptors (Lipinski definition) is 41. The maximum Gasteiger partial charge on any atom is 0.217 e. The molecule has 0 bridgehead atoms. The topological polar surface area (TPSA) is 711 Å². The van der Waals surface area contributed by atoms with E-state index in [0.717, 1.165) is 27.7 Å². The molecule has 101 heavy (non-hydrogen) atoms. The quantitative estimate of drug-likeness (QED) is 0.0318. The van der Waals surface area contributed by atoms with Gasteiger partial charge in [-0.1, -0.05) is 0 Å². The average molecular weight is 1480 g/mol. The van der Waals surface area contributed by atoms with Crippen molar-refractivity contribution >= 4 is 23.6 Å². The molecule has 0 aromatic rings. The van der Waals surface area contributed by atoms with Crippen LogP contribution in [-0.2, 0) is 85.5 Å². The average Bonchev–Trinajstić information content (AvgIpc) is 0.773. The lowest BCUT2D eigenvalue weighted by molar-refractivity contribution is -0.398. The zero-order valence-corrected chi connectivity index (χ0v) is 54.5. The third kappa shape index (κ3) is 19.6. The van der Waals surface area contributed by atoms with Crippen molar-refractivity contribution in [2.24, 2.45) is 0 Å². The zero-order valence-electron chi connectivity index (χ0n) is 54.5. The molecular formula is C56H96N4O41. The fourth-order valence-electron chi connectivity index (χ4n) is 12.6. The standard InChI is InChI=1S/C56H96N4O41/c1-14(69)57-18(5-61)30(74)44(19(73)6-62)96-51-28(59-16(3)71)37(81)46(25(12-68)93-51)98-54-43(87)47(35(79)26(95-54)13-88-55-48(40(84)33(77)22(9-65)91-55)100-50-27(58-15(2)70)36(80)31(75)20(7-63)89-50)99-56-49(41(85)34(78)23(10-66)92-56)101-52-29(60-17(4)72)38(82)45(24(11-67)94-52)97-53-42(86)39(83)32(76)21(8-64)90-53/h18-56,61-68,73-87H,5-13H2,1-4H3,(H,57,69)(H,58,70)(H,59,71)(H,60,72)/t18-,19+,20+,21+,22+,23+,24+,25+,26+,27+,28+,29+,30+,31+,32-,33+,34+,35+,36+,37+,38+,39-,40-,41-,42+,43-,44+,45+,46+,47-,48-,49-,50?,51?,52?,53?,54?,55?,56?/m0/s1. The summed E-state index contributed by atoms with van der Waals surface area (Å²) in [5.41, 5.74) is 0. The summed E-state index contributed by atoms with van der Waals surface area (Å²) < 4.78 is 82.8. The molecule has 7 heterocycles. The second kappa shape index (κ2) is 37.8. The lowest BCUT2D eigenvalue weighted by Crippen LogP contribution is -2.70. The summed E-state index contributed by atoms with van der Waals surface area (Å²) in [6.45, 7) is -5.91. The molecule has 7 aliphatic heterocycles. The van der Waals surface area contributed by atoms with Gasteiger partial charge in [0.25, 0.3) is 0 Å². The molecule has 39 atom stereocenters. The monoisotopic (exact) mass is 1480 g/mol. The molecule has 0 aliphatic carbocycles. The molecule has 7 unspecified atom stereocenters. The van der Waals surface area contributed by atoms with Crippen LogP contribution in [0.25, 0.3) is 0 Å². The third-order valence-electron chi connectivity index (χ3n) is 17.9. The van der Waals surface area contributed by atoms with E-state index >= 15 is 0 Å². The summed E-state index contributed by atoms with van der Waals surface area (Å²) in [7, 11) is 0. The Morgan fingerprint density at radius 3 is 1.14 bits per heavy atom. The van der Waals surface area contributed by atoms with E-state index in [0.29, 0.717) is 0 Å². The molecule has 7 rings (SSSR count). The van der Waals surface area contributed by atoms with Gasteiger partial charge in [-0.25, -0.2) is 0 Å². The largest absolute Gasteiger partial charge is 0.394 e. The Morgan fingerprint density at radius 1 is 0.337 bits per heavy atom. The minimum atomic E-state index is -2.54. The summed E-state index contributed by atoms with van der Waals surface area (Å²) in [5.74, 6) is -3.53.